The molecule has 0 amide bonds. The molecule has 0 aliphatic heterocycles. The molecule has 2 fully saturated rings. The van der Waals surface area contributed by atoms with Gasteiger partial charge < -0.3 is 5.73 Å². The molecule has 2 aliphatic rings. The minimum absolute atomic E-state index is 0.156. The van der Waals surface area contributed by atoms with Gasteiger partial charge in [0.2, 0.25) is 10.0 Å². The van der Waals surface area contributed by atoms with Crippen molar-refractivity contribution in [3.63, 3.8) is 0 Å². The van der Waals surface area contributed by atoms with Gasteiger partial charge in [-0.15, -0.1) is 11.3 Å². The molecule has 3 rings (SSSR count). The first-order valence-electron chi connectivity index (χ1n) is 5.92. The van der Waals surface area contributed by atoms with E-state index in [-0.39, 0.29) is 6.04 Å². The van der Waals surface area contributed by atoms with Crippen LogP contribution < -0.4 is 10.5 Å². The van der Waals surface area contributed by atoms with Crippen molar-refractivity contribution >= 4 is 27.0 Å². The molecule has 0 atom stereocenters. The largest absolute Gasteiger partial charge is 0.398 e. The SMILES string of the molecule is Nc1csc(S(=O)(=O)NC(C2CC2)C2CC2)c1. The van der Waals surface area contributed by atoms with Crippen molar-refractivity contribution in [2.75, 3.05) is 5.73 Å². The molecule has 0 saturated heterocycles. The number of nitrogens with one attached hydrogen (secondary N) is 1. The summed E-state index contributed by atoms with van der Waals surface area (Å²) in [6.45, 7) is 0. The maximum atomic E-state index is 12.2. The molecule has 94 valence electrons. The van der Waals surface area contributed by atoms with E-state index in [1.807, 2.05) is 0 Å². The third-order valence-corrected chi connectivity index (χ3v) is 6.33. The lowest BCUT2D eigenvalue weighted by atomic mass is 10.1. The van der Waals surface area contributed by atoms with E-state index < -0.39 is 10.0 Å². The highest BCUT2D eigenvalue weighted by molar-refractivity contribution is 7.91. The average molecular weight is 272 g/mol. The van der Waals surface area contributed by atoms with Crippen molar-refractivity contribution in [3.8, 4) is 0 Å². The van der Waals surface area contributed by atoms with E-state index in [4.69, 9.17) is 5.73 Å². The quantitative estimate of drug-likeness (QED) is 0.858. The molecule has 1 aromatic rings. The summed E-state index contributed by atoms with van der Waals surface area (Å²) >= 11 is 1.19. The van der Waals surface area contributed by atoms with Gasteiger partial charge in [0.15, 0.2) is 0 Å². The first kappa shape index (κ1) is 11.5. The number of hydrogen-bond acceptors (Lipinski definition) is 4. The number of sulfonamides is 1. The summed E-state index contributed by atoms with van der Waals surface area (Å²) < 4.78 is 27.5. The Hall–Kier alpha value is -0.590. The van der Waals surface area contributed by atoms with E-state index in [2.05, 4.69) is 4.72 Å². The molecule has 17 heavy (non-hydrogen) atoms. The van der Waals surface area contributed by atoms with E-state index >= 15 is 0 Å². The number of rotatable bonds is 5. The molecule has 0 bridgehead atoms. The van der Waals surface area contributed by atoms with Gasteiger partial charge >= 0.3 is 0 Å². The molecule has 6 heteroatoms. The van der Waals surface area contributed by atoms with Crippen molar-refractivity contribution in [1.82, 2.24) is 4.72 Å². The predicted molar refractivity (Wildman–Crippen MR) is 68.3 cm³/mol. The van der Waals surface area contributed by atoms with Gasteiger partial charge in [-0.1, -0.05) is 0 Å². The van der Waals surface area contributed by atoms with Crippen LogP contribution in [0, 0.1) is 11.8 Å². The Kier molecular flexibility index (Phi) is 2.68. The Balaban J connectivity index is 1.78. The van der Waals surface area contributed by atoms with E-state index in [0.29, 0.717) is 21.7 Å². The van der Waals surface area contributed by atoms with Crippen LogP contribution >= 0.6 is 11.3 Å². The van der Waals surface area contributed by atoms with Gasteiger partial charge in [-0.2, -0.15) is 0 Å². The van der Waals surface area contributed by atoms with Gasteiger partial charge in [0.25, 0.3) is 0 Å². The van der Waals surface area contributed by atoms with Crippen LogP contribution in [0.2, 0.25) is 0 Å². The predicted octanol–water partition coefficient (Wildman–Crippen LogP) is 1.80. The van der Waals surface area contributed by atoms with Crippen LogP contribution in [0.15, 0.2) is 15.7 Å². The summed E-state index contributed by atoms with van der Waals surface area (Å²) in [5, 5.41) is 1.66. The number of anilines is 1. The molecule has 3 N–H and O–H groups in total. The Bertz CT molecular complexity index is 503. The molecular weight excluding hydrogens is 256 g/mol. The van der Waals surface area contributed by atoms with Crippen LogP contribution in [0.5, 0.6) is 0 Å². The highest BCUT2D eigenvalue weighted by Crippen LogP contribution is 2.45. The zero-order valence-electron chi connectivity index (χ0n) is 9.43. The molecule has 0 aromatic carbocycles. The van der Waals surface area contributed by atoms with Gasteiger partial charge in [-0.25, -0.2) is 13.1 Å². The molecule has 2 saturated carbocycles. The first-order valence-corrected chi connectivity index (χ1v) is 8.29. The van der Waals surface area contributed by atoms with Gasteiger partial charge in [0, 0.05) is 17.1 Å². The summed E-state index contributed by atoms with van der Waals surface area (Å²) in [5.74, 6) is 1.13. The fourth-order valence-corrected chi connectivity index (χ4v) is 4.67. The standard InChI is InChI=1S/C11H16N2O2S2/c12-9-5-10(16-6-9)17(14,15)13-11(7-1-2-7)8-3-4-8/h5-8,11,13H,1-4,12H2. The second kappa shape index (κ2) is 3.96. The van der Waals surface area contributed by atoms with Gasteiger partial charge in [0.1, 0.15) is 4.21 Å². The van der Waals surface area contributed by atoms with Crippen LogP contribution in [-0.4, -0.2) is 14.5 Å². The molecule has 1 heterocycles. The molecular formula is C11H16N2O2S2. The lowest BCUT2D eigenvalue weighted by Gasteiger charge is -2.16. The van der Waals surface area contributed by atoms with Crippen LogP contribution in [0.3, 0.4) is 0 Å². The molecule has 4 nitrogen and oxygen atoms in total. The smallest absolute Gasteiger partial charge is 0.250 e. The van der Waals surface area contributed by atoms with Gasteiger partial charge in [0.05, 0.1) is 0 Å². The van der Waals surface area contributed by atoms with Crippen LogP contribution in [0.25, 0.3) is 0 Å². The molecule has 1 aromatic heterocycles. The summed E-state index contributed by atoms with van der Waals surface area (Å²) in [6.07, 6.45) is 4.65. The maximum Gasteiger partial charge on any atom is 0.250 e. The lowest BCUT2D eigenvalue weighted by molar-refractivity contribution is 0.472. The Morgan fingerprint density at radius 1 is 1.29 bits per heavy atom. The highest BCUT2D eigenvalue weighted by atomic mass is 32.2. The fraction of sp³-hybridized carbons (Fsp3) is 0.636. The van der Waals surface area contributed by atoms with Crippen molar-refractivity contribution in [1.29, 1.82) is 0 Å². The zero-order chi connectivity index (χ0) is 12.0. The van der Waals surface area contributed by atoms with E-state index in [0.717, 1.165) is 25.7 Å². The molecule has 0 radical (unpaired) electrons. The average Bonchev–Trinajstić information content (AvgIpc) is 3.15. The van der Waals surface area contributed by atoms with Crippen molar-refractivity contribution < 1.29 is 8.42 Å². The second-order valence-corrected chi connectivity index (χ2v) is 7.87. The highest BCUT2D eigenvalue weighted by Gasteiger charge is 2.43. The van der Waals surface area contributed by atoms with E-state index in [9.17, 15) is 8.42 Å². The van der Waals surface area contributed by atoms with Crippen LogP contribution in [0.1, 0.15) is 25.7 Å². The van der Waals surface area contributed by atoms with Crippen molar-refractivity contribution in [2.45, 2.75) is 35.9 Å². The van der Waals surface area contributed by atoms with Gasteiger partial charge in [-0.3, -0.25) is 0 Å². The normalized spacial score (nSPS) is 21.0. The summed E-state index contributed by atoms with van der Waals surface area (Å²) in [7, 11) is -3.36. The van der Waals surface area contributed by atoms with E-state index in [1.165, 1.54) is 17.4 Å². The van der Waals surface area contributed by atoms with Gasteiger partial charge in [-0.05, 0) is 43.6 Å². The molecule has 0 unspecified atom stereocenters. The number of nitrogens with two attached hydrogens (primary N) is 1. The third-order valence-electron chi connectivity index (χ3n) is 3.41. The summed E-state index contributed by atoms with van der Waals surface area (Å²) in [6, 6.07) is 1.69. The topological polar surface area (TPSA) is 72.2 Å². The monoisotopic (exact) mass is 272 g/mol. The lowest BCUT2D eigenvalue weighted by Crippen LogP contribution is -2.37. The van der Waals surface area contributed by atoms with Crippen LogP contribution in [-0.2, 0) is 10.0 Å². The number of thiophene rings is 1. The Labute approximate surface area is 105 Å². The fourth-order valence-electron chi connectivity index (χ4n) is 2.20. The minimum Gasteiger partial charge on any atom is -0.398 e. The zero-order valence-corrected chi connectivity index (χ0v) is 11.1. The minimum atomic E-state index is -3.36. The number of hydrogen-bond donors (Lipinski definition) is 2. The number of nitrogen functional groups attached to an aromatic ring is 1. The Morgan fingerprint density at radius 3 is 2.29 bits per heavy atom. The van der Waals surface area contributed by atoms with Crippen LogP contribution in [0.4, 0.5) is 5.69 Å². The molecule has 0 spiro atoms. The molecule has 2 aliphatic carbocycles. The van der Waals surface area contributed by atoms with Crippen molar-refractivity contribution in [3.05, 3.63) is 11.4 Å². The summed E-state index contributed by atoms with van der Waals surface area (Å²) in [4.78, 5) is 0. The van der Waals surface area contributed by atoms with E-state index in [1.54, 1.807) is 5.38 Å². The summed E-state index contributed by atoms with van der Waals surface area (Å²) in [5.41, 5.74) is 6.09. The first-order chi connectivity index (χ1) is 8.06. The second-order valence-electron chi connectivity index (χ2n) is 5.02. The van der Waals surface area contributed by atoms with Crippen molar-refractivity contribution in [2.24, 2.45) is 11.8 Å². The third kappa shape index (κ3) is 2.48. The Morgan fingerprint density at radius 2 is 1.88 bits per heavy atom. The maximum absolute atomic E-state index is 12.2.